The lowest BCUT2D eigenvalue weighted by Crippen LogP contribution is -2.10. The van der Waals surface area contributed by atoms with Gasteiger partial charge in [-0.1, -0.05) is 40.5 Å². The number of benzene rings is 1. The number of hydrogen-bond acceptors (Lipinski definition) is 3. The molecule has 2 rings (SSSR count). The molecule has 0 aliphatic carbocycles. The zero-order valence-electron chi connectivity index (χ0n) is 12.7. The van der Waals surface area contributed by atoms with Crippen molar-refractivity contribution in [2.24, 2.45) is 10.7 Å². The lowest BCUT2D eigenvalue weighted by molar-refractivity contribution is 0.540. The second-order valence-electron chi connectivity index (χ2n) is 5.31. The van der Waals surface area contributed by atoms with Gasteiger partial charge in [-0.05, 0) is 43.4 Å². The van der Waals surface area contributed by atoms with E-state index in [9.17, 15) is 8.78 Å². The van der Waals surface area contributed by atoms with Gasteiger partial charge in [-0.2, -0.15) is 0 Å². The van der Waals surface area contributed by atoms with Gasteiger partial charge in [0.1, 0.15) is 11.6 Å². The predicted octanol–water partition coefficient (Wildman–Crippen LogP) is 5.74. The van der Waals surface area contributed by atoms with Gasteiger partial charge in [0, 0.05) is 22.0 Å². The highest BCUT2D eigenvalue weighted by Gasteiger charge is 2.10. The third-order valence-corrected chi connectivity index (χ3v) is 4.93. The molecule has 1 aliphatic rings. The third kappa shape index (κ3) is 6.93. The summed E-state index contributed by atoms with van der Waals surface area (Å²) in [5.41, 5.74) is 7.09. The number of amidine groups is 1. The minimum absolute atomic E-state index is 0. The van der Waals surface area contributed by atoms with E-state index in [4.69, 9.17) is 5.73 Å². The first kappa shape index (κ1) is 20.6. The van der Waals surface area contributed by atoms with Gasteiger partial charge in [0.15, 0.2) is 5.17 Å². The minimum atomic E-state index is -0.466. The molecule has 0 saturated heterocycles. The van der Waals surface area contributed by atoms with E-state index in [1.807, 2.05) is 6.20 Å². The van der Waals surface area contributed by atoms with Crippen LogP contribution in [-0.2, 0) is 6.42 Å². The Labute approximate surface area is 158 Å². The van der Waals surface area contributed by atoms with Crippen LogP contribution in [0.15, 0.2) is 33.4 Å². The Bertz CT molecular complexity index is 568. The summed E-state index contributed by atoms with van der Waals surface area (Å²) in [6.07, 6.45) is 7.23. The first-order chi connectivity index (χ1) is 10.6. The average Bonchev–Trinajstić information content (AvgIpc) is 2.46. The summed E-state index contributed by atoms with van der Waals surface area (Å²) in [5.74, 6) is -0.0107. The SMILES string of the molecule is Br.NC1=NC=C(CCCCCCc2c(F)cc(Br)cc2F)CS1. The fraction of sp³-hybridized carbons (Fsp3) is 0.438. The second kappa shape index (κ2) is 10.5. The van der Waals surface area contributed by atoms with Crippen molar-refractivity contribution in [3.05, 3.63) is 45.6 Å². The van der Waals surface area contributed by atoms with Gasteiger partial charge in [0.2, 0.25) is 0 Å². The summed E-state index contributed by atoms with van der Waals surface area (Å²) in [7, 11) is 0. The Hall–Kier alpha value is -0.400. The third-order valence-electron chi connectivity index (χ3n) is 3.56. The molecule has 0 bridgehead atoms. The minimum Gasteiger partial charge on any atom is -0.378 e. The van der Waals surface area contributed by atoms with Crippen molar-refractivity contribution in [1.82, 2.24) is 0 Å². The standard InChI is InChI=1S/C16H19BrF2N2S.BrH/c17-12-7-14(18)13(15(19)8-12)6-4-2-1-3-5-11-9-21-16(20)22-10-11;/h7-9H,1-6,10H2,(H2,20,21);1H. The van der Waals surface area contributed by atoms with Crippen molar-refractivity contribution in [3.8, 4) is 0 Å². The molecular weight excluding hydrogens is 450 g/mol. The molecule has 0 radical (unpaired) electrons. The van der Waals surface area contributed by atoms with E-state index >= 15 is 0 Å². The Morgan fingerprint density at radius 3 is 2.26 bits per heavy atom. The molecule has 0 unspecified atom stereocenters. The molecule has 2 N–H and O–H groups in total. The number of nitrogens with two attached hydrogens (primary N) is 1. The summed E-state index contributed by atoms with van der Waals surface area (Å²) < 4.78 is 27.8. The normalized spacial score (nSPS) is 14.0. The number of unbranched alkanes of at least 4 members (excludes halogenated alkanes) is 3. The van der Waals surface area contributed by atoms with Gasteiger partial charge < -0.3 is 5.73 Å². The van der Waals surface area contributed by atoms with Crippen LogP contribution in [0, 0.1) is 11.6 Å². The van der Waals surface area contributed by atoms with Gasteiger partial charge in [-0.25, -0.2) is 13.8 Å². The van der Waals surface area contributed by atoms with Crippen molar-refractivity contribution in [1.29, 1.82) is 0 Å². The van der Waals surface area contributed by atoms with Crippen LogP contribution >= 0.6 is 44.7 Å². The monoisotopic (exact) mass is 468 g/mol. The van der Waals surface area contributed by atoms with Crippen LogP contribution in [0.3, 0.4) is 0 Å². The molecule has 0 fully saturated rings. The molecule has 23 heavy (non-hydrogen) atoms. The molecule has 7 heteroatoms. The highest BCUT2D eigenvalue weighted by molar-refractivity contribution is 9.10. The topological polar surface area (TPSA) is 38.4 Å². The van der Waals surface area contributed by atoms with E-state index in [1.165, 1.54) is 17.7 Å². The molecule has 2 nitrogen and oxygen atoms in total. The van der Waals surface area contributed by atoms with E-state index in [0.29, 0.717) is 16.1 Å². The molecule has 1 aliphatic heterocycles. The van der Waals surface area contributed by atoms with Gasteiger partial charge in [0.05, 0.1) is 0 Å². The van der Waals surface area contributed by atoms with Crippen LogP contribution in [0.4, 0.5) is 8.78 Å². The molecule has 1 heterocycles. The first-order valence-corrected chi connectivity index (χ1v) is 9.11. The summed E-state index contributed by atoms with van der Waals surface area (Å²) in [6, 6.07) is 2.63. The van der Waals surface area contributed by atoms with Crippen molar-refractivity contribution in [2.45, 2.75) is 38.5 Å². The van der Waals surface area contributed by atoms with Gasteiger partial charge in [-0.3, -0.25) is 0 Å². The van der Waals surface area contributed by atoms with Gasteiger partial charge in [0.25, 0.3) is 0 Å². The maximum absolute atomic E-state index is 13.7. The highest BCUT2D eigenvalue weighted by atomic mass is 79.9. The first-order valence-electron chi connectivity index (χ1n) is 7.33. The predicted molar refractivity (Wildman–Crippen MR) is 103 cm³/mol. The van der Waals surface area contributed by atoms with Crippen LogP contribution in [0.5, 0.6) is 0 Å². The van der Waals surface area contributed by atoms with Crippen LogP contribution in [-0.4, -0.2) is 10.9 Å². The Balaban J connectivity index is 0.00000264. The molecule has 128 valence electrons. The van der Waals surface area contributed by atoms with Crippen molar-refractivity contribution < 1.29 is 8.78 Å². The fourth-order valence-corrected chi connectivity index (χ4v) is 3.43. The van der Waals surface area contributed by atoms with E-state index in [-0.39, 0.29) is 22.5 Å². The number of nitrogens with zero attached hydrogens (tertiary/aromatic N) is 1. The Morgan fingerprint density at radius 2 is 1.70 bits per heavy atom. The maximum Gasteiger partial charge on any atom is 0.158 e. The molecule has 0 amide bonds. The maximum atomic E-state index is 13.7. The van der Waals surface area contributed by atoms with E-state index < -0.39 is 11.6 Å². The zero-order chi connectivity index (χ0) is 15.9. The Kier molecular flexibility index (Phi) is 9.39. The largest absolute Gasteiger partial charge is 0.378 e. The highest BCUT2D eigenvalue weighted by Crippen LogP contribution is 2.22. The molecule has 1 aromatic rings. The zero-order valence-corrected chi connectivity index (χ0v) is 16.8. The number of hydrogen-bond donors (Lipinski definition) is 1. The lowest BCUT2D eigenvalue weighted by Gasteiger charge is -2.10. The molecule has 0 atom stereocenters. The quantitative estimate of drug-likeness (QED) is 0.516. The van der Waals surface area contributed by atoms with Crippen LogP contribution in [0.1, 0.15) is 37.7 Å². The second-order valence-corrected chi connectivity index (χ2v) is 7.22. The van der Waals surface area contributed by atoms with Crippen LogP contribution in [0.2, 0.25) is 0 Å². The number of thioether (sulfide) groups is 1. The van der Waals surface area contributed by atoms with Crippen LogP contribution < -0.4 is 5.73 Å². The summed E-state index contributed by atoms with van der Waals surface area (Å²) in [4.78, 5) is 4.10. The van der Waals surface area contributed by atoms with E-state index in [1.54, 1.807) is 11.8 Å². The van der Waals surface area contributed by atoms with Gasteiger partial charge in [-0.15, -0.1) is 17.0 Å². The molecule has 0 spiro atoms. The number of halogens is 4. The van der Waals surface area contributed by atoms with Crippen molar-refractivity contribution >= 4 is 49.8 Å². The number of aliphatic imine (C=N–C) groups is 1. The van der Waals surface area contributed by atoms with E-state index in [0.717, 1.165) is 37.9 Å². The lowest BCUT2D eigenvalue weighted by atomic mass is 10.0. The summed E-state index contributed by atoms with van der Waals surface area (Å²) in [5, 5.41) is 0.627. The molecular formula is C16H20Br2F2N2S. The van der Waals surface area contributed by atoms with Gasteiger partial charge >= 0.3 is 0 Å². The molecule has 0 saturated carbocycles. The number of rotatable bonds is 7. The average molecular weight is 470 g/mol. The van der Waals surface area contributed by atoms with E-state index in [2.05, 4.69) is 20.9 Å². The summed E-state index contributed by atoms with van der Waals surface area (Å²) >= 11 is 4.66. The van der Waals surface area contributed by atoms with Crippen molar-refractivity contribution in [2.75, 3.05) is 5.75 Å². The molecule has 1 aromatic carbocycles. The fourth-order valence-electron chi connectivity index (χ4n) is 2.35. The van der Waals surface area contributed by atoms with Crippen LogP contribution in [0.25, 0.3) is 0 Å². The summed E-state index contributed by atoms with van der Waals surface area (Å²) in [6.45, 7) is 0. The molecule has 0 aromatic heterocycles. The van der Waals surface area contributed by atoms with Crippen molar-refractivity contribution in [3.63, 3.8) is 0 Å². The smallest absolute Gasteiger partial charge is 0.158 e. The Morgan fingerprint density at radius 1 is 1.09 bits per heavy atom.